The number of halogens is 6. The van der Waals surface area contributed by atoms with E-state index in [1.54, 1.807) is 5.32 Å². The normalized spacial score (nSPS) is 12.1. The number of hydrogen-bond acceptors (Lipinski definition) is 1. The number of amides is 2. The number of alkyl halides is 6. The lowest BCUT2D eigenvalue weighted by molar-refractivity contribution is -0.137. The summed E-state index contributed by atoms with van der Waals surface area (Å²) in [5.41, 5.74) is -0.263. The van der Waals surface area contributed by atoms with E-state index in [0.717, 1.165) is 12.1 Å². The van der Waals surface area contributed by atoms with Crippen molar-refractivity contribution < 1.29 is 31.1 Å². The molecule has 21 heavy (non-hydrogen) atoms. The summed E-state index contributed by atoms with van der Waals surface area (Å²) in [5.74, 6) is 0. The van der Waals surface area contributed by atoms with Crippen LogP contribution in [-0.2, 0) is 12.6 Å². The second-order valence-corrected chi connectivity index (χ2v) is 4.17. The first-order valence-electron chi connectivity index (χ1n) is 5.82. The van der Waals surface area contributed by atoms with Gasteiger partial charge in [-0.2, -0.15) is 26.3 Å². The van der Waals surface area contributed by atoms with E-state index in [1.165, 1.54) is 12.1 Å². The Morgan fingerprint density at radius 3 is 2.00 bits per heavy atom. The predicted molar refractivity (Wildman–Crippen MR) is 62.6 cm³/mol. The molecule has 0 fully saturated rings. The fourth-order valence-corrected chi connectivity index (χ4v) is 1.42. The Bertz CT molecular complexity index is 466. The zero-order valence-electron chi connectivity index (χ0n) is 10.6. The van der Waals surface area contributed by atoms with Gasteiger partial charge in [-0.3, -0.25) is 0 Å². The molecule has 2 N–H and O–H groups in total. The van der Waals surface area contributed by atoms with E-state index in [1.807, 2.05) is 0 Å². The number of benzene rings is 1. The molecule has 0 saturated carbocycles. The molecule has 0 unspecified atom stereocenters. The average molecular weight is 314 g/mol. The molecule has 1 aromatic carbocycles. The van der Waals surface area contributed by atoms with Gasteiger partial charge in [-0.25, -0.2) is 4.79 Å². The summed E-state index contributed by atoms with van der Waals surface area (Å²) < 4.78 is 72.3. The molecule has 0 bridgehead atoms. The summed E-state index contributed by atoms with van der Waals surface area (Å²) >= 11 is 0. The van der Waals surface area contributed by atoms with Crippen molar-refractivity contribution in [2.24, 2.45) is 0 Å². The van der Waals surface area contributed by atoms with Crippen LogP contribution in [0.3, 0.4) is 0 Å². The summed E-state index contributed by atoms with van der Waals surface area (Å²) in [5, 5.41) is 3.79. The van der Waals surface area contributed by atoms with Gasteiger partial charge >= 0.3 is 18.4 Å². The van der Waals surface area contributed by atoms with Crippen molar-refractivity contribution in [1.82, 2.24) is 10.6 Å². The van der Waals surface area contributed by atoms with E-state index in [4.69, 9.17) is 0 Å². The van der Waals surface area contributed by atoms with Gasteiger partial charge in [0.1, 0.15) is 6.54 Å². The van der Waals surface area contributed by atoms with Crippen LogP contribution in [0.15, 0.2) is 24.3 Å². The van der Waals surface area contributed by atoms with E-state index in [2.05, 4.69) is 5.32 Å². The number of hydrogen-bond donors (Lipinski definition) is 2. The van der Waals surface area contributed by atoms with Crippen LogP contribution in [0.4, 0.5) is 31.1 Å². The van der Waals surface area contributed by atoms with Crippen molar-refractivity contribution in [3.63, 3.8) is 0 Å². The first kappa shape index (κ1) is 17.1. The third-order valence-electron chi connectivity index (χ3n) is 2.43. The van der Waals surface area contributed by atoms with Gasteiger partial charge in [0.25, 0.3) is 0 Å². The number of carbonyl (C=O) groups excluding carboxylic acids is 1. The Hall–Kier alpha value is -1.93. The molecular formula is C12H12F6N2O. The van der Waals surface area contributed by atoms with E-state index in [-0.39, 0.29) is 13.0 Å². The van der Waals surface area contributed by atoms with Crippen LogP contribution in [0.5, 0.6) is 0 Å². The SMILES string of the molecule is O=C(NCCc1ccc(C(F)(F)F)cc1)NCC(F)(F)F. The van der Waals surface area contributed by atoms with Crippen LogP contribution < -0.4 is 10.6 Å². The topological polar surface area (TPSA) is 41.1 Å². The van der Waals surface area contributed by atoms with Crippen LogP contribution in [0.1, 0.15) is 11.1 Å². The molecule has 0 saturated heterocycles. The van der Waals surface area contributed by atoms with Gasteiger partial charge < -0.3 is 10.6 Å². The summed E-state index contributed by atoms with van der Waals surface area (Å²) in [6, 6.07) is 3.31. The van der Waals surface area contributed by atoms with E-state index < -0.39 is 30.5 Å². The Morgan fingerprint density at radius 2 is 1.52 bits per heavy atom. The lowest BCUT2D eigenvalue weighted by atomic mass is 10.1. The molecule has 0 spiro atoms. The molecule has 118 valence electrons. The molecule has 0 radical (unpaired) electrons. The largest absolute Gasteiger partial charge is 0.416 e. The molecule has 1 rings (SSSR count). The minimum Gasteiger partial charge on any atom is -0.338 e. The Kier molecular flexibility index (Phi) is 5.45. The highest BCUT2D eigenvalue weighted by Crippen LogP contribution is 2.29. The molecule has 0 aliphatic carbocycles. The van der Waals surface area contributed by atoms with Gasteiger partial charge in [-0.05, 0) is 24.1 Å². The third-order valence-corrected chi connectivity index (χ3v) is 2.43. The van der Waals surface area contributed by atoms with Gasteiger partial charge in [-0.1, -0.05) is 12.1 Å². The molecule has 3 nitrogen and oxygen atoms in total. The van der Waals surface area contributed by atoms with Gasteiger partial charge in [-0.15, -0.1) is 0 Å². The summed E-state index contributed by atoms with van der Waals surface area (Å²) in [4.78, 5) is 11.0. The summed E-state index contributed by atoms with van der Waals surface area (Å²) in [7, 11) is 0. The highest BCUT2D eigenvalue weighted by molar-refractivity contribution is 5.73. The minimum absolute atomic E-state index is 0.00898. The second-order valence-electron chi connectivity index (χ2n) is 4.17. The van der Waals surface area contributed by atoms with E-state index in [0.29, 0.717) is 5.56 Å². The zero-order chi connectivity index (χ0) is 16.1. The minimum atomic E-state index is -4.50. The highest BCUT2D eigenvalue weighted by atomic mass is 19.4. The third kappa shape index (κ3) is 6.87. The molecule has 1 aromatic rings. The molecule has 0 aliphatic rings. The Balaban J connectivity index is 2.34. The lowest BCUT2D eigenvalue weighted by Crippen LogP contribution is -2.41. The van der Waals surface area contributed by atoms with Crippen LogP contribution >= 0.6 is 0 Å². The van der Waals surface area contributed by atoms with Crippen molar-refractivity contribution in [1.29, 1.82) is 0 Å². The van der Waals surface area contributed by atoms with Gasteiger partial charge in [0.05, 0.1) is 5.56 Å². The fraction of sp³-hybridized carbons (Fsp3) is 0.417. The van der Waals surface area contributed by atoms with Crippen molar-refractivity contribution in [2.75, 3.05) is 13.1 Å². The predicted octanol–water partition coefficient (Wildman–Crippen LogP) is 3.11. The maximum atomic E-state index is 12.3. The number of carbonyl (C=O) groups is 1. The average Bonchev–Trinajstić information content (AvgIpc) is 2.35. The van der Waals surface area contributed by atoms with Crippen molar-refractivity contribution in [2.45, 2.75) is 18.8 Å². The molecule has 0 aromatic heterocycles. The quantitative estimate of drug-likeness (QED) is 0.824. The second kappa shape index (κ2) is 6.68. The first-order chi connectivity index (χ1) is 9.58. The smallest absolute Gasteiger partial charge is 0.338 e. The van der Waals surface area contributed by atoms with E-state index >= 15 is 0 Å². The van der Waals surface area contributed by atoms with Gasteiger partial charge in [0.15, 0.2) is 0 Å². The van der Waals surface area contributed by atoms with Crippen molar-refractivity contribution in [3.8, 4) is 0 Å². The number of nitrogens with one attached hydrogen (secondary N) is 2. The lowest BCUT2D eigenvalue weighted by Gasteiger charge is -2.10. The van der Waals surface area contributed by atoms with Crippen molar-refractivity contribution in [3.05, 3.63) is 35.4 Å². The number of urea groups is 1. The monoisotopic (exact) mass is 314 g/mol. The molecule has 0 heterocycles. The highest BCUT2D eigenvalue weighted by Gasteiger charge is 2.30. The Labute approximate surface area is 116 Å². The summed E-state index contributed by atoms with van der Waals surface area (Å²) in [6.07, 6.45) is -8.71. The molecule has 2 amide bonds. The van der Waals surface area contributed by atoms with Crippen LogP contribution in [0.2, 0.25) is 0 Å². The van der Waals surface area contributed by atoms with Crippen LogP contribution in [0.25, 0.3) is 0 Å². The fourth-order valence-electron chi connectivity index (χ4n) is 1.42. The standard InChI is InChI=1S/C12H12F6N2O/c13-11(14,15)7-20-10(21)19-6-5-8-1-3-9(4-2-8)12(16,17)18/h1-4H,5-7H2,(H2,19,20,21). The number of rotatable bonds is 4. The van der Waals surface area contributed by atoms with E-state index in [9.17, 15) is 31.1 Å². The van der Waals surface area contributed by atoms with Crippen LogP contribution in [-0.4, -0.2) is 25.3 Å². The zero-order valence-corrected chi connectivity index (χ0v) is 10.6. The maximum Gasteiger partial charge on any atom is 0.416 e. The molecular weight excluding hydrogens is 302 g/mol. The molecule has 9 heteroatoms. The summed E-state index contributed by atoms with van der Waals surface area (Å²) in [6.45, 7) is -1.44. The van der Waals surface area contributed by atoms with Gasteiger partial charge in [0.2, 0.25) is 0 Å². The molecule has 0 atom stereocenters. The molecule has 0 aliphatic heterocycles. The Morgan fingerprint density at radius 1 is 0.952 bits per heavy atom. The van der Waals surface area contributed by atoms with Crippen LogP contribution in [0, 0.1) is 0 Å². The maximum absolute atomic E-state index is 12.3. The van der Waals surface area contributed by atoms with Crippen molar-refractivity contribution >= 4 is 6.03 Å². The first-order valence-corrected chi connectivity index (χ1v) is 5.82. The van der Waals surface area contributed by atoms with Gasteiger partial charge in [0, 0.05) is 6.54 Å².